The van der Waals surface area contributed by atoms with E-state index in [0.717, 1.165) is 32.2 Å². The van der Waals surface area contributed by atoms with Gasteiger partial charge in [-0.15, -0.1) is 0 Å². The van der Waals surface area contributed by atoms with Crippen molar-refractivity contribution in [1.29, 1.82) is 0 Å². The lowest BCUT2D eigenvalue weighted by Crippen LogP contribution is -2.46. The third-order valence-electron chi connectivity index (χ3n) is 3.41. The van der Waals surface area contributed by atoms with Crippen LogP contribution in [-0.4, -0.2) is 36.5 Å². The van der Waals surface area contributed by atoms with Crippen LogP contribution in [0.5, 0.6) is 0 Å². The molecule has 3 heteroatoms. The summed E-state index contributed by atoms with van der Waals surface area (Å²) in [5, 5.41) is 13.7. The van der Waals surface area contributed by atoms with Crippen LogP contribution < -0.4 is 5.32 Å². The van der Waals surface area contributed by atoms with Gasteiger partial charge in [-0.1, -0.05) is 0 Å². The Balaban J connectivity index is 1.79. The molecule has 2 rings (SSSR count). The molecular formula is C11H21NO2. The maximum Gasteiger partial charge on any atom is 0.0796 e. The second-order valence-electron chi connectivity index (χ2n) is 4.83. The molecule has 0 aromatic heterocycles. The zero-order valence-corrected chi connectivity index (χ0v) is 8.96. The van der Waals surface area contributed by atoms with Gasteiger partial charge >= 0.3 is 0 Å². The molecule has 0 aliphatic heterocycles. The van der Waals surface area contributed by atoms with Crippen LogP contribution in [0.4, 0.5) is 0 Å². The average molecular weight is 199 g/mol. The van der Waals surface area contributed by atoms with Gasteiger partial charge in [0.1, 0.15) is 0 Å². The lowest BCUT2D eigenvalue weighted by atomic mass is 9.83. The Morgan fingerprint density at radius 1 is 1.43 bits per heavy atom. The lowest BCUT2D eigenvalue weighted by molar-refractivity contribution is -0.0573. The number of hydrogen-bond donors (Lipinski definition) is 2. The van der Waals surface area contributed by atoms with Gasteiger partial charge in [-0.3, -0.25) is 0 Å². The van der Waals surface area contributed by atoms with Crippen molar-refractivity contribution in [2.45, 2.75) is 56.3 Å². The zero-order chi connectivity index (χ0) is 10.0. The SMILES string of the molecule is COC1CCCC(O)(CNC2CC2)C1. The van der Waals surface area contributed by atoms with Crippen molar-refractivity contribution in [2.24, 2.45) is 0 Å². The summed E-state index contributed by atoms with van der Waals surface area (Å²) in [6, 6.07) is 0.682. The van der Waals surface area contributed by atoms with Gasteiger partial charge < -0.3 is 15.2 Å². The minimum absolute atomic E-state index is 0.259. The van der Waals surface area contributed by atoms with E-state index in [4.69, 9.17) is 4.74 Å². The summed E-state index contributed by atoms with van der Waals surface area (Å²) in [6.07, 6.45) is 6.72. The Kier molecular flexibility index (Phi) is 3.10. The molecule has 0 aromatic carbocycles. The third kappa shape index (κ3) is 2.69. The molecule has 2 N–H and O–H groups in total. The summed E-state index contributed by atoms with van der Waals surface area (Å²) in [7, 11) is 1.74. The molecule has 0 amide bonds. The van der Waals surface area contributed by atoms with Crippen LogP contribution in [0.1, 0.15) is 38.5 Å². The normalized spacial score (nSPS) is 38.6. The number of ether oxygens (including phenoxy) is 1. The number of nitrogens with one attached hydrogen (secondary N) is 1. The molecule has 0 bridgehead atoms. The van der Waals surface area contributed by atoms with Gasteiger partial charge in [-0.2, -0.15) is 0 Å². The second-order valence-corrected chi connectivity index (χ2v) is 4.83. The molecular weight excluding hydrogens is 178 g/mol. The smallest absolute Gasteiger partial charge is 0.0796 e. The van der Waals surface area contributed by atoms with E-state index in [0.29, 0.717) is 6.04 Å². The van der Waals surface area contributed by atoms with Crippen LogP contribution >= 0.6 is 0 Å². The predicted molar refractivity (Wildman–Crippen MR) is 55.2 cm³/mol. The van der Waals surface area contributed by atoms with Gasteiger partial charge in [0.25, 0.3) is 0 Å². The molecule has 14 heavy (non-hydrogen) atoms. The largest absolute Gasteiger partial charge is 0.388 e. The Labute approximate surface area is 85.8 Å². The fraction of sp³-hybridized carbons (Fsp3) is 1.00. The van der Waals surface area contributed by atoms with Crippen molar-refractivity contribution in [1.82, 2.24) is 5.32 Å². The summed E-state index contributed by atoms with van der Waals surface area (Å²) in [4.78, 5) is 0. The number of hydrogen-bond acceptors (Lipinski definition) is 3. The molecule has 2 aliphatic carbocycles. The van der Waals surface area contributed by atoms with E-state index in [9.17, 15) is 5.11 Å². The van der Waals surface area contributed by atoms with E-state index >= 15 is 0 Å². The Morgan fingerprint density at radius 3 is 2.86 bits per heavy atom. The molecule has 2 saturated carbocycles. The summed E-state index contributed by atoms with van der Waals surface area (Å²) < 4.78 is 5.32. The maximum atomic E-state index is 10.3. The molecule has 0 heterocycles. The van der Waals surface area contributed by atoms with E-state index in [2.05, 4.69) is 5.32 Å². The van der Waals surface area contributed by atoms with Crippen LogP contribution in [0.15, 0.2) is 0 Å². The van der Waals surface area contributed by atoms with Crippen LogP contribution in [-0.2, 0) is 4.74 Å². The monoisotopic (exact) mass is 199 g/mol. The van der Waals surface area contributed by atoms with Crippen molar-refractivity contribution in [3.05, 3.63) is 0 Å². The van der Waals surface area contributed by atoms with Crippen molar-refractivity contribution in [3.63, 3.8) is 0 Å². The van der Waals surface area contributed by atoms with E-state index in [1.54, 1.807) is 7.11 Å². The van der Waals surface area contributed by atoms with Crippen molar-refractivity contribution in [2.75, 3.05) is 13.7 Å². The molecule has 82 valence electrons. The molecule has 0 aromatic rings. The fourth-order valence-corrected chi connectivity index (χ4v) is 2.27. The number of methoxy groups -OCH3 is 1. The molecule has 0 spiro atoms. The van der Waals surface area contributed by atoms with Crippen molar-refractivity contribution >= 4 is 0 Å². The van der Waals surface area contributed by atoms with Gasteiger partial charge in [0, 0.05) is 26.1 Å². The first-order chi connectivity index (χ1) is 6.72. The molecule has 2 unspecified atom stereocenters. The number of aliphatic hydroxyl groups is 1. The highest BCUT2D eigenvalue weighted by Gasteiger charge is 2.35. The Morgan fingerprint density at radius 2 is 2.21 bits per heavy atom. The molecule has 0 radical (unpaired) electrons. The van der Waals surface area contributed by atoms with Crippen LogP contribution in [0.2, 0.25) is 0 Å². The van der Waals surface area contributed by atoms with E-state index < -0.39 is 5.60 Å². The van der Waals surface area contributed by atoms with Crippen LogP contribution in [0.25, 0.3) is 0 Å². The molecule has 2 fully saturated rings. The summed E-state index contributed by atoms with van der Waals surface area (Å²) >= 11 is 0. The lowest BCUT2D eigenvalue weighted by Gasteiger charge is -2.36. The Bertz CT molecular complexity index is 194. The van der Waals surface area contributed by atoms with Crippen molar-refractivity contribution < 1.29 is 9.84 Å². The highest BCUT2D eigenvalue weighted by Crippen LogP contribution is 2.30. The first kappa shape index (κ1) is 10.4. The molecule has 0 saturated heterocycles. The Hall–Kier alpha value is -0.120. The average Bonchev–Trinajstić information content (AvgIpc) is 2.98. The first-order valence-electron chi connectivity index (χ1n) is 5.70. The van der Waals surface area contributed by atoms with E-state index in [1.165, 1.54) is 12.8 Å². The maximum absolute atomic E-state index is 10.3. The van der Waals surface area contributed by atoms with Crippen LogP contribution in [0.3, 0.4) is 0 Å². The standard InChI is InChI=1S/C11H21NO2/c1-14-10-3-2-6-11(13,7-10)8-12-9-4-5-9/h9-10,12-13H,2-8H2,1H3. The van der Waals surface area contributed by atoms with E-state index in [-0.39, 0.29) is 6.10 Å². The highest BCUT2D eigenvalue weighted by atomic mass is 16.5. The summed E-state index contributed by atoms with van der Waals surface area (Å²) in [5.74, 6) is 0. The molecule has 2 atom stereocenters. The van der Waals surface area contributed by atoms with E-state index in [1.807, 2.05) is 0 Å². The van der Waals surface area contributed by atoms with Crippen LogP contribution in [0, 0.1) is 0 Å². The second kappa shape index (κ2) is 4.17. The van der Waals surface area contributed by atoms with Gasteiger partial charge in [0.2, 0.25) is 0 Å². The zero-order valence-electron chi connectivity index (χ0n) is 8.96. The quantitative estimate of drug-likeness (QED) is 0.711. The van der Waals surface area contributed by atoms with Gasteiger partial charge in [0.05, 0.1) is 11.7 Å². The topological polar surface area (TPSA) is 41.5 Å². The van der Waals surface area contributed by atoms with Gasteiger partial charge in [-0.05, 0) is 32.1 Å². The van der Waals surface area contributed by atoms with Gasteiger partial charge in [0.15, 0.2) is 0 Å². The third-order valence-corrected chi connectivity index (χ3v) is 3.41. The molecule has 3 nitrogen and oxygen atoms in total. The summed E-state index contributed by atoms with van der Waals surface area (Å²) in [6.45, 7) is 0.748. The minimum Gasteiger partial charge on any atom is -0.388 e. The first-order valence-corrected chi connectivity index (χ1v) is 5.70. The summed E-state index contributed by atoms with van der Waals surface area (Å²) in [5.41, 5.74) is -0.512. The van der Waals surface area contributed by atoms with Crippen molar-refractivity contribution in [3.8, 4) is 0 Å². The van der Waals surface area contributed by atoms with Gasteiger partial charge in [-0.25, -0.2) is 0 Å². The fourth-order valence-electron chi connectivity index (χ4n) is 2.27. The predicted octanol–water partition coefficient (Wildman–Crippen LogP) is 1.06. The highest BCUT2D eigenvalue weighted by molar-refractivity contribution is 4.92. The number of rotatable bonds is 4. The molecule has 2 aliphatic rings. The minimum atomic E-state index is -0.512.